The molecule has 0 spiro atoms. The Labute approximate surface area is 101 Å². The lowest BCUT2D eigenvalue weighted by atomic mass is 9.89. The zero-order chi connectivity index (χ0) is 11.8. The quantitative estimate of drug-likeness (QED) is 0.864. The van der Waals surface area contributed by atoms with E-state index in [-0.39, 0.29) is 9.89 Å². The van der Waals surface area contributed by atoms with E-state index in [1.807, 2.05) is 0 Å². The molecule has 1 heterocycles. The van der Waals surface area contributed by atoms with Crippen LogP contribution in [0.2, 0.25) is 0 Å². The largest absolute Gasteiger partial charge is 0.382 e. The first-order valence-corrected chi connectivity index (χ1v) is 5.76. The minimum absolute atomic E-state index is 0.0489. The molecule has 1 fully saturated rings. The van der Waals surface area contributed by atoms with Crippen LogP contribution in [-0.2, 0) is 4.74 Å². The van der Waals surface area contributed by atoms with Crippen molar-refractivity contribution in [1.29, 1.82) is 0 Å². The third kappa shape index (κ3) is 2.35. The van der Waals surface area contributed by atoms with Crippen molar-refractivity contribution in [3.05, 3.63) is 28.2 Å². The molecule has 0 bridgehead atoms. The molecule has 0 unspecified atom stereocenters. The van der Waals surface area contributed by atoms with Crippen LogP contribution in [0.25, 0.3) is 0 Å². The van der Waals surface area contributed by atoms with Crippen LogP contribution in [0.3, 0.4) is 0 Å². The molecule has 1 aromatic carbocycles. The zero-order valence-electron chi connectivity index (χ0n) is 8.82. The van der Waals surface area contributed by atoms with Crippen molar-refractivity contribution in [3.63, 3.8) is 0 Å². The monoisotopic (exact) mass is 291 g/mol. The summed E-state index contributed by atoms with van der Waals surface area (Å²) in [6.07, 6.45) is 0. The van der Waals surface area contributed by atoms with E-state index in [1.165, 1.54) is 6.07 Å². The summed E-state index contributed by atoms with van der Waals surface area (Å²) in [5.41, 5.74) is 0.356. The van der Waals surface area contributed by atoms with Gasteiger partial charge in [0.25, 0.3) is 0 Å². The molecule has 1 N–H and O–H groups in total. The number of halogens is 3. The van der Waals surface area contributed by atoms with Crippen LogP contribution in [-0.4, -0.2) is 19.8 Å². The smallest absolute Gasteiger partial charge is 0.149 e. The Morgan fingerprint density at radius 1 is 1.38 bits per heavy atom. The van der Waals surface area contributed by atoms with Gasteiger partial charge in [-0.25, -0.2) is 8.78 Å². The Morgan fingerprint density at radius 2 is 2.06 bits per heavy atom. The van der Waals surface area contributed by atoms with E-state index in [2.05, 4.69) is 28.2 Å². The summed E-state index contributed by atoms with van der Waals surface area (Å²) in [5, 5.41) is 2.97. The Balaban J connectivity index is 2.06. The lowest BCUT2D eigenvalue weighted by Crippen LogP contribution is -2.45. The average molecular weight is 292 g/mol. The molecule has 1 aliphatic rings. The molecule has 0 aliphatic carbocycles. The maximum Gasteiger partial charge on any atom is 0.149 e. The molecule has 1 aromatic rings. The maximum absolute atomic E-state index is 13.4. The first kappa shape index (κ1) is 11.8. The van der Waals surface area contributed by atoms with Gasteiger partial charge in [-0.05, 0) is 22.0 Å². The molecule has 2 rings (SSSR count). The zero-order valence-corrected chi connectivity index (χ0v) is 10.4. The number of hydrogen-bond acceptors (Lipinski definition) is 2. The van der Waals surface area contributed by atoms with Crippen molar-refractivity contribution in [2.45, 2.75) is 6.92 Å². The third-order valence-electron chi connectivity index (χ3n) is 2.62. The third-order valence-corrected chi connectivity index (χ3v) is 3.22. The topological polar surface area (TPSA) is 21.3 Å². The predicted octanol–water partition coefficient (Wildman–Crippen LogP) is 3.18. The van der Waals surface area contributed by atoms with Crippen molar-refractivity contribution < 1.29 is 13.5 Å². The van der Waals surface area contributed by atoms with Crippen LogP contribution in [0.15, 0.2) is 16.6 Å². The minimum Gasteiger partial charge on any atom is -0.382 e. The molecule has 16 heavy (non-hydrogen) atoms. The molecular weight excluding hydrogens is 280 g/mol. The van der Waals surface area contributed by atoms with E-state index in [1.54, 1.807) is 0 Å². The van der Waals surface area contributed by atoms with E-state index in [9.17, 15) is 8.78 Å². The average Bonchev–Trinajstić information content (AvgIpc) is 2.19. The molecule has 0 amide bonds. The fourth-order valence-electron chi connectivity index (χ4n) is 1.52. The van der Waals surface area contributed by atoms with Gasteiger partial charge in [-0.15, -0.1) is 0 Å². The van der Waals surface area contributed by atoms with E-state index in [4.69, 9.17) is 4.74 Å². The molecule has 2 nitrogen and oxygen atoms in total. The lowest BCUT2D eigenvalue weighted by molar-refractivity contribution is -0.0924. The second-order valence-corrected chi connectivity index (χ2v) is 5.26. The van der Waals surface area contributed by atoms with Crippen LogP contribution < -0.4 is 5.32 Å². The second kappa shape index (κ2) is 4.30. The molecule has 0 atom stereocenters. The normalized spacial score (nSPS) is 18.0. The molecule has 1 aliphatic heterocycles. The van der Waals surface area contributed by atoms with Gasteiger partial charge < -0.3 is 10.1 Å². The lowest BCUT2D eigenvalue weighted by Gasteiger charge is -2.38. The van der Waals surface area contributed by atoms with Crippen LogP contribution in [0.1, 0.15) is 6.92 Å². The summed E-state index contributed by atoms with van der Waals surface area (Å²) in [6.45, 7) is 4.01. The number of benzene rings is 1. The first-order valence-electron chi connectivity index (χ1n) is 4.96. The molecule has 5 heteroatoms. The summed E-state index contributed by atoms with van der Waals surface area (Å²) in [7, 11) is 0. The predicted molar refractivity (Wildman–Crippen MR) is 61.5 cm³/mol. The van der Waals surface area contributed by atoms with Crippen molar-refractivity contribution in [3.8, 4) is 0 Å². The SMILES string of the molecule is CC1(CNc2cc(Br)c(F)cc2F)COC1. The van der Waals surface area contributed by atoms with Crippen LogP contribution in [0, 0.1) is 17.0 Å². The molecule has 88 valence electrons. The van der Waals surface area contributed by atoms with E-state index in [0.29, 0.717) is 25.4 Å². The standard InChI is InChI=1S/C11H12BrF2NO/c1-11(5-16-6-11)4-15-10-2-7(12)8(13)3-9(10)14/h2-3,15H,4-6H2,1H3. The van der Waals surface area contributed by atoms with Crippen LogP contribution in [0.4, 0.5) is 14.5 Å². The summed E-state index contributed by atoms with van der Waals surface area (Å²) >= 11 is 3.03. The highest BCUT2D eigenvalue weighted by atomic mass is 79.9. The highest BCUT2D eigenvalue weighted by Crippen LogP contribution is 2.29. The summed E-state index contributed by atoms with van der Waals surface area (Å²) in [4.78, 5) is 0. The molecule has 0 aromatic heterocycles. The second-order valence-electron chi connectivity index (χ2n) is 4.40. The Bertz CT molecular complexity index is 407. The van der Waals surface area contributed by atoms with Crippen molar-refractivity contribution in [2.24, 2.45) is 5.41 Å². The van der Waals surface area contributed by atoms with E-state index >= 15 is 0 Å². The molecule has 1 saturated heterocycles. The number of rotatable bonds is 3. The first-order chi connectivity index (χ1) is 7.50. The summed E-state index contributed by atoms with van der Waals surface area (Å²) < 4.78 is 31.7. The van der Waals surface area contributed by atoms with Crippen molar-refractivity contribution >= 4 is 21.6 Å². The van der Waals surface area contributed by atoms with Gasteiger partial charge in [0.15, 0.2) is 0 Å². The minimum atomic E-state index is -0.596. The Hall–Kier alpha value is -0.680. The van der Waals surface area contributed by atoms with E-state index < -0.39 is 11.6 Å². The van der Waals surface area contributed by atoms with Gasteiger partial charge >= 0.3 is 0 Å². The Morgan fingerprint density at radius 3 is 2.62 bits per heavy atom. The van der Waals surface area contributed by atoms with Crippen molar-refractivity contribution in [2.75, 3.05) is 25.1 Å². The van der Waals surface area contributed by atoms with E-state index in [0.717, 1.165) is 6.07 Å². The van der Waals surface area contributed by atoms with Gasteiger partial charge in [0.2, 0.25) is 0 Å². The number of anilines is 1. The van der Waals surface area contributed by atoms with Crippen molar-refractivity contribution in [1.82, 2.24) is 0 Å². The van der Waals surface area contributed by atoms with Crippen LogP contribution >= 0.6 is 15.9 Å². The molecular formula is C11H12BrF2NO. The highest BCUT2D eigenvalue weighted by Gasteiger charge is 2.33. The van der Waals surface area contributed by atoms with Gasteiger partial charge in [-0.2, -0.15) is 0 Å². The highest BCUT2D eigenvalue weighted by molar-refractivity contribution is 9.10. The number of hydrogen-bond donors (Lipinski definition) is 1. The molecule has 0 saturated carbocycles. The fraction of sp³-hybridized carbons (Fsp3) is 0.455. The van der Waals surface area contributed by atoms with Gasteiger partial charge in [0.1, 0.15) is 11.6 Å². The fourth-order valence-corrected chi connectivity index (χ4v) is 1.86. The van der Waals surface area contributed by atoms with Gasteiger partial charge in [-0.3, -0.25) is 0 Å². The van der Waals surface area contributed by atoms with Crippen LogP contribution in [0.5, 0.6) is 0 Å². The van der Waals surface area contributed by atoms with Gasteiger partial charge in [0, 0.05) is 18.0 Å². The van der Waals surface area contributed by atoms with Gasteiger partial charge in [-0.1, -0.05) is 6.92 Å². The summed E-state index contributed by atoms with van der Waals surface area (Å²) in [6, 6.07) is 2.28. The summed E-state index contributed by atoms with van der Waals surface area (Å²) in [5.74, 6) is -1.18. The number of nitrogens with one attached hydrogen (secondary N) is 1. The maximum atomic E-state index is 13.4. The number of ether oxygens (including phenoxy) is 1. The van der Waals surface area contributed by atoms with Gasteiger partial charge in [0.05, 0.1) is 23.4 Å². The Kier molecular flexibility index (Phi) is 3.17. The molecule has 0 radical (unpaired) electrons.